The van der Waals surface area contributed by atoms with E-state index in [9.17, 15) is 37.5 Å². The molecule has 2 aromatic carbocycles. The molecule has 0 aliphatic carbocycles. The highest BCUT2D eigenvalue weighted by Crippen LogP contribution is 2.27. The number of amides is 6. The number of aryl methyl sites for hydroxylation is 1. The van der Waals surface area contributed by atoms with E-state index in [1.54, 1.807) is 38.2 Å². The van der Waals surface area contributed by atoms with Gasteiger partial charge < -0.3 is 45.9 Å². The zero-order valence-corrected chi connectivity index (χ0v) is 33.5. The molecule has 0 aromatic heterocycles. The predicted molar refractivity (Wildman–Crippen MR) is 208 cm³/mol. The summed E-state index contributed by atoms with van der Waals surface area (Å²) in [5.74, 6) is -5.17. The molecule has 0 unspecified atom stereocenters. The molecular formula is C40H54F2N8O8. The maximum atomic E-state index is 14.6. The number of halogens is 2. The average Bonchev–Trinajstić information content (AvgIpc) is 3.83. The quantitative estimate of drug-likeness (QED) is 0.255. The van der Waals surface area contributed by atoms with Crippen LogP contribution in [0.4, 0.5) is 19.3 Å². The fraction of sp³-hybridized carbons (Fsp3) is 0.550. The highest BCUT2D eigenvalue weighted by molar-refractivity contribution is 5.97. The van der Waals surface area contributed by atoms with E-state index in [0.717, 1.165) is 17.7 Å². The Morgan fingerprint density at radius 2 is 1.66 bits per heavy atom. The molecule has 3 heterocycles. The van der Waals surface area contributed by atoms with E-state index in [2.05, 4.69) is 21.3 Å². The number of carbonyl (C=O) groups is 6. The first-order valence-corrected chi connectivity index (χ1v) is 19.5. The molecule has 0 radical (unpaired) electrons. The number of hydrogen-bond donors (Lipinski definition) is 5. The maximum Gasteiger partial charge on any atom is 0.329 e. The van der Waals surface area contributed by atoms with Crippen LogP contribution in [0.5, 0.6) is 0 Å². The Hall–Kier alpha value is -5.20. The van der Waals surface area contributed by atoms with Crippen molar-refractivity contribution < 1.29 is 47.0 Å². The third-order valence-electron chi connectivity index (χ3n) is 10.9. The summed E-state index contributed by atoms with van der Waals surface area (Å²) in [7, 11) is 1.55. The first-order chi connectivity index (χ1) is 27.6. The van der Waals surface area contributed by atoms with Gasteiger partial charge in [0.1, 0.15) is 41.9 Å². The minimum atomic E-state index is -1.61. The molecule has 3 saturated heterocycles. The Kier molecular flexibility index (Phi) is 14.8. The highest BCUT2D eigenvalue weighted by Gasteiger charge is 2.45. The zero-order chi connectivity index (χ0) is 42.3. The van der Waals surface area contributed by atoms with Crippen LogP contribution in [-0.2, 0) is 39.9 Å². The molecule has 3 aliphatic heterocycles. The lowest BCUT2D eigenvalue weighted by atomic mass is 10.0. The van der Waals surface area contributed by atoms with Crippen LogP contribution in [0.25, 0.3) is 0 Å². The molecule has 2 aromatic rings. The summed E-state index contributed by atoms with van der Waals surface area (Å²) in [6.45, 7) is 7.24. The number of benzene rings is 2. The molecule has 6 amide bonds. The molecule has 5 rings (SSSR count). The van der Waals surface area contributed by atoms with Gasteiger partial charge in [0.15, 0.2) is 0 Å². The number of nitrogens with one attached hydrogen (secondary N) is 4. The molecule has 316 valence electrons. The van der Waals surface area contributed by atoms with Crippen LogP contribution in [0.3, 0.4) is 0 Å². The SMILES string of the molecule is Cc1ccc(NC(=O)N[C@@H](Cc2cc(F)cc(F)c2)C(=O)N[C@@H]2C(=O)N3CCC[C@H]3C(=O)N(C)[C@@H](CN)COCN[C@@H](C)C(=O)N3C[C@@H](C)C[C@H]3C(=O)O[C@H]2C)cc1. The van der Waals surface area contributed by atoms with Gasteiger partial charge in [-0.25, -0.2) is 18.4 Å². The predicted octanol–water partition coefficient (Wildman–Crippen LogP) is 1.40. The molecule has 8 atom stereocenters. The Labute approximate surface area is 336 Å². The molecule has 3 fully saturated rings. The summed E-state index contributed by atoms with van der Waals surface area (Å²) in [6.07, 6.45) is -0.739. The Morgan fingerprint density at radius 3 is 2.33 bits per heavy atom. The number of fused-ring (bicyclic) bond motifs is 2. The molecule has 18 heteroatoms. The minimum Gasteiger partial charge on any atom is -0.458 e. The zero-order valence-electron chi connectivity index (χ0n) is 33.5. The van der Waals surface area contributed by atoms with E-state index < -0.39 is 90.1 Å². The number of ether oxygens (including phenoxy) is 2. The third kappa shape index (κ3) is 10.8. The van der Waals surface area contributed by atoms with Crippen LogP contribution in [0.15, 0.2) is 42.5 Å². The van der Waals surface area contributed by atoms with E-state index >= 15 is 0 Å². The number of carbonyl (C=O) groups excluding carboxylic acids is 6. The number of nitrogens with two attached hydrogens (primary N) is 1. The van der Waals surface area contributed by atoms with Crippen molar-refractivity contribution in [3.8, 4) is 0 Å². The fourth-order valence-electron chi connectivity index (χ4n) is 7.55. The van der Waals surface area contributed by atoms with Crippen molar-refractivity contribution in [1.82, 2.24) is 30.7 Å². The van der Waals surface area contributed by atoms with Crippen LogP contribution in [-0.4, -0.2) is 133 Å². The number of esters is 1. The summed E-state index contributed by atoms with van der Waals surface area (Å²) in [6, 6.07) is 2.26. The largest absolute Gasteiger partial charge is 0.458 e. The van der Waals surface area contributed by atoms with Gasteiger partial charge in [-0.3, -0.25) is 24.5 Å². The lowest BCUT2D eigenvalue weighted by molar-refractivity contribution is -0.162. The van der Waals surface area contributed by atoms with Gasteiger partial charge in [0.25, 0.3) is 0 Å². The smallest absolute Gasteiger partial charge is 0.329 e. The van der Waals surface area contributed by atoms with E-state index in [0.29, 0.717) is 24.6 Å². The number of likely N-dealkylation sites (N-methyl/N-ethyl adjacent to an activating group) is 1. The van der Waals surface area contributed by atoms with Gasteiger partial charge in [0, 0.05) is 44.9 Å². The van der Waals surface area contributed by atoms with Gasteiger partial charge in [0.05, 0.1) is 25.4 Å². The van der Waals surface area contributed by atoms with Crippen molar-refractivity contribution in [1.29, 1.82) is 0 Å². The van der Waals surface area contributed by atoms with Gasteiger partial charge in [-0.2, -0.15) is 0 Å². The average molecular weight is 813 g/mol. The number of hydrogen-bond acceptors (Lipinski definition) is 10. The summed E-state index contributed by atoms with van der Waals surface area (Å²) in [4.78, 5) is 87.8. The second-order valence-electron chi connectivity index (χ2n) is 15.4. The standard InChI is InChI=1S/C40H54F2N8O8/c1-22-8-10-29(11-9-22)45-40(56)46-31(16-26-14-27(41)17-28(42)15-26)35(51)47-34-25(4)58-39(55)33-13-23(2)19-50(33)36(52)24(3)44-21-57-20-30(18-43)48(5)37(53)32-7-6-12-49(32)38(34)54/h8-11,14-15,17,23-25,30-34,44H,6-7,12-13,16,18-21,43H2,1-5H3,(H,47,51)(H2,45,46,56)/t23-,24-,25-,30-,31-,32-,33-,34-/m0/s1. The van der Waals surface area contributed by atoms with Crippen LogP contribution in [0.1, 0.15) is 51.2 Å². The fourth-order valence-corrected chi connectivity index (χ4v) is 7.55. The number of anilines is 1. The lowest BCUT2D eigenvalue weighted by Gasteiger charge is -2.36. The van der Waals surface area contributed by atoms with Crippen molar-refractivity contribution in [2.24, 2.45) is 11.7 Å². The summed E-state index contributed by atoms with van der Waals surface area (Å²) in [5.41, 5.74) is 7.41. The van der Waals surface area contributed by atoms with Gasteiger partial charge in [-0.05, 0) is 75.8 Å². The van der Waals surface area contributed by atoms with Crippen LogP contribution in [0.2, 0.25) is 0 Å². The van der Waals surface area contributed by atoms with E-state index in [1.807, 2.05) is 13.8 Å². The normalized spacial score (nSPS) is 26.9. The summed E-state index contributed by atoms with van der Waals surface area (Å²) >= 11 is 0. The van der Waals surface area contributed by atoms with Gasteiger partial charge in [-0.15, -0.1) is 0 Å². The minimum absolute atomic E-state index is 0.0271. The van der Waals surface area contributed by atoms with E-state index in [1.165, 1.54) is 21.6 Å². The summed E-state index contributed by atoms with van der Waals surface area (Å²) < 4.78 is 40.3. The lowest BCUT2D eigenvalue weighted by Crippen LogP contribution is -2.61. The second-order valence-corrected chi connectivity index (χ2v) is 15.4. The van der Waals surface area contributed by atoms with Gasteiger partial charge >= 0.3 is 12.0 Å². The van der Waals surface area contributed by atoms with Crippen LogP contribution >= 0.6 is 0 Å². The number of urea groups is 1. The first-order valence-electron chi connectivity index (χ1n) is 19.5. The Balaban J connectivity index is 1.48. The molecule has 58 heavy (non-hydrogen) atoms. The molecule has 6 N–H and O–H groups in total. The molecule has 3 aliphatic rings. The first kappa shape index (κ1) is 43.9. The Morgan fingerprint density at radius 1 is 0.966 bits per heavy atom. The molecule has 0 saturated carbocycles. The van der Waals surface area contributed by atoms with E-state index in [4.69, 9.17) is 15.2 Å². The van der Waals surface area contributed by atoms with Crippen molar-refractivity contribution >= 4 is 41.3 Å². The maximum absolute atomic E-state index is 14.6. The second kappa shape index (κ2) is 19.5. The summed E-state index contributed by atoms with van der Waals surface area (Å²) in [5, 5.41) is 10.8. The van der Waals surface area contributed by atoms with E-state index in [-0.39, 0.29) is 56.8 Å². The number of rotatable bonds is 7. The van der Waals surface area contributed by atoms with Crippen LogP contribution in [0, 0.1) is 24.5 Å². The number of nitrogens with zero attached hydrogens (tertiary/aromatic N) is 3. The third-order valence-corrected chi connectivity index (χ3v) is 10.9. The molecular weight excluding hydrogens is 758 g/mol. The van der Waals surface area contributed by atoms with Gasteiger partial charge in [-0.1, -0.05) is 24.6 Å². The Bertz CT molecular complexity index is 1820. The van der Waals surface area contributed by atoms with Crippen molar-refractivity contribution in [3.05, 3.63) is 65.2 Å². The van der Waals surface area contributed by atoms with Crippen molar-refractivity contribution in [3.63, 3.8) is 0 Å². The monoisotopic (exact) mass is 812 g/mol. The van der Waals surface area contributed by atoms with Gasteiger partial charge in [0.2, 0.25) is 23.6 Å². The van der Waals surface area contributed by atoms with Crippen molar-refractivity contribution in [2.75, 3.05) is 45.3 Å². The van der Waals surface area contributed by atoms with Crippen LogP contribution < -0.4 is 27.0 Å². The molecule has 16 nitrogen and oxygen atoms in total. The molecule has 0 bridgehead atoms. The molecule has 0 spiro atoms. The highest BCUT2D eigenvalue weighted by atomic mass is 19.1. The topological polar surface area (TPSA) is 205 Å². The van der Waals surface area contributed by atoms with Crippen molar-refractivity contribution in [2.45, 2.75) is 95.7 Å². The number of cyclic esters (lactones) is 1.